The van der Waals surface area contributed by atoms with E-state index >= 15 is 0 Å². The molecule has 0 bridgehead atoms. The van der Waals surface area contributed by atoms with Gasteiger partial charge in [-0.1, -0.05) is 29.8 Å². The molecule has 24 heavy (non-hydrogen) atoms. The Labute approximate surface area is 146 Å². The average molecular weight is 345 g/mol. The maximum absolute atomic E-state index is 12.4. The van der Waals surface area contributed by atoms with Crippen LogP contribution in [0.25, 0.3) is 6.08 Å². The van der Waals surface area contributed by atoms with Gasteiger partial charge in [-0.3, -0.25) is 9.48 Å². The highest BCUT2D eigenvalue weighted by atomic mass is 35.5. The Morgan fingerprint density at radius 1 is 1.38 bits per heavy atom. The van der Waals surface area contributed by atoms with Crippen molar-refractivity contribution in [2.45, 2.75) is 19.4 Å². The number of nitrogens with one attached hydrogen (secondary N) is 1. The molecule has 3 rings (SSSR count). The van der Waals surface area contributed by atoms with Crippen LogP contribution in [0.1, 0.15) is 17.7 Å². The van der Waals surface area contributed by atoms with Crippen LogP contribution in [0.4, 0.5) is 5.69 Å². The molecule has 1 amide bonds. The van der Waals surface area contributed by atoms with Gasteiger partial charge < -0.3 is 10.2 Å². The van der Waals surface area contributed by atoms with E-state index in [0.29, 0.717) is 11.7 Å². The summed E-state index contributed by atoms with van der Waals surface area (Å²) in [6, 6.07) is 10.4. The number of aryl methyl sites for hydroxylation is 2. The largest absolute Gasteiger partial charge is 0.380 e. The number of hydrogen-bond donors (Lipinski definition) is 1. The van der Waals surface area contributed by atoms with Crippen LogP contribution in [0.3, 0.4) is 0 Å². The van der Waals surface area contributed by atoms with E-state index in [9.17, 15) is 4.79 Å². The van der Waals surface area contributed by atoms with Crippen LogP contribution in [0.15, 0.2) is 36.4 Å². The van der Waals surface area contributed by atoms with Crippen molar-refractivity contribution in [1.29, 1.82) is 0 Å². The van der Waals surface area contributed by atoms with Gasteiger partial charge in [0.05, 0.1) is 5.69 Å². The first-order valence-corrected chi connectivity index (χ1v) is 8.40. The molecule has 1 aromatic carbocycles. The van der Waals surface area contributed by atoms with Gasteiger partial charge in [0.2, 0.25) is 5.91 Å². The zero-order chi connectivity index (χ0) is 17.1. The number of halogens is 1. The fraction of sp³-hybridized carbons (Fsp3) is 0.333. The van der Waals surface area contributed by atoms with Gasteiger partial charge in [0.25, 0.3) is 0 Å². The number of carbonyl (C=O) groups is 1. The molecule has 1 aliphatic heterocycles. The Balaban J connectivity index is 1.59. The second kappa shape index (κ2) is 7.09. The van der Waals surface area contributed by atoms with Gasteiger partial charge in [0.1, 0.15) is 5.15 Å². The van der Waals surface area contributed by atoms with Crippen LogP contribution in [0.2, 0.25) is 5.15 Å². The lowest BCUT2D eigenvalue weighted by molar-refractivity contribution is -0.124. The molecule has 1 aromatic heterocycles. The van der Waals surface area contributed by atoms with Gasteiger partial charge in [-0.25, -0.2) is 0 Å². The Bertz CT molecular complexity index is 754. The number of nitrogens with zero attached hydrogens (tertiary/aromatic N) is 3. The van der Waals surface area contributed by atoms with Crippen molar-refractivity contribution in [2.75, 3.05) is 18.4 Å². The topological polar surface area (TPSA) is 50.2 Å². The number of likely N-dealkylation sites (tertiary alicyclic amines) is 1. The number of para-hydroxylation sites is 1. The molecule has 2 heterocycles. The molecule has 1 aliphatic rings. The normalized spacial score (nSPS) is 17.6. The molecule has 0 spiro atoms. The quantitative estimate of drug-likeness (QED) is 0.867. The van der Waals surface area contributed by atoms with Gasteiger partial charge >= 0.3 is 0 Å². The molecule has 2 aromatic rings. The molecule has 5 nitrogen and oxygen atoms in total. The van der Waals surface area contributed by atoms with E-state index in [1.165, 1.54) is 0 Å². The third kappa shape index (κ3) is 3.62. The first-order chi connectivity index (χ1) is 11.5. The Morgan fingerprint density at radius 2 is 2.12 bits per heavy atom. The van der Waals surface area contributed by atoms with Crippen LogP contribution in [0.5, 0.6) is 0 Å². The first kappa shape index (κ1) is 16.6. The van der Waals surface area contributed by atoms with Crippen molar-refractivity contribution in [3.05, 3.63) is 52.8 Å². The SMILES string of the molecule is Cc1nn(C)c(Cl)c1/C=C/C(=O)N1CC[C@@H](Nc2ccccc2)C1. The number of hydrogen-bond acceptors (Lipinski definition) is 3. The highest BCUT2D eigenvalue weighted by Crippen LogP contribution is 2.21. The summed E-state index contributed by atoms with van der Waals surface area (Å²) in [7, 11) is 1.79. The molecule has 0 saturated carbocycles. The van der Waals surface area contributed by atoms with Gasteiger partial charge in [-0.05, 0) is 31.6 Å². The third-order valence-electron chi connectivity index (χ3n) is 4.23. The van der Waals surface area contributed by atoms with Gasteiger partial charge in [0.15, 0.2) is 0 Å². The van der Waals surface area contributed by atoms with Crippen LogP contribution < -0.4 is 5.32 Å². The van der Waals surface area contributed by atoms with Gasteiger partial charge in [0, 0.05) is 43.5 Å². The second-order valence-corrected chi connectivity index (χ2v) is 6.39. The fourth-order valence-corrected chi connectivity index (χ4v) is 3.18. The summed E-state index contributed by atoms with van der Waals surface area (Å²) in [4.78, 5) is 14.2. The lowest BCUT2D eigenvalue weighted by Gasteiger charge is -2.16. The van der Waals surface area contributed by atoms with Crippen molar-refractivity contribution >= 4 is 29.3 Å². The molecule has 126 valence electrons. The molecule has 1 atom stereocenters. The Hall–Kier alpha value is -2.27. The predicted molar refractivity (Wildman–Crippen MR) is 97.0 cm³/mol. The van der Waals surface area contributed by atoms with E-state index in [1.54, 1.807) is 23.9 Å². The van der Waals surface area contributed by atoms with Crippen LogP contribution in [-0.2, 0) is 11.8 Å². The average Bonchev–Trinajstić information content (AvgIpc) is 3.12. The second-order valence-electron chi connectivity index (χ2n) is 6.03. The van der Waals surface area contributed by atoms with E-state index in [0.717, 1.165) is 29.9 Å². The van der Waals surface area contributed by atoms with E-state index in [-0.39, 0.29) is 11.9 Å². The van der Waals surface area contributed by atoms with Crippen LogP contribution in [0, 0.1) is 6.92 Å². The molecule has 1 fully saturated rings. The van der Waals surface area contributed by atoms with Crippen molar-refractivity contribution in [3.8, 4) is 0 Å². The molecule has 1 saturated heterocycles. The standard InChI is InChI=1S/C18H21ClN4O/c1-13-16(18(19)22(2)21-13)8-9-17(24)23-11-10-15(12-23)20-14-6-4-3-5-7-14/h3-9,15,20H,10-12H2,1-2H3/b9-8+/t15-/m1/s1. The third-order valence-corrected chi connectivity index (χ3v) is 4.68. The summed E-state index contributed by atoms with van der Waals surface area (Å²) < 4.78 is 1.61. The zero-order valence-electron chi connectivity index (χ0n) is 13.9. The first-order valence-electron chi connectivity index (χ1n) is 8.02. The number of amides is 1. The molecule has 0 aliphatic carbocycles. The molecule has 1 N–H and O–H groups in total. The number of benzene rings is 1. The number of rotatable bonds is 4. The monoisotopic (exact) mass is 344 g/mol. The van der Waals surface area contributed by atoms with E-state index < -0.39 is 0 Å². The summed E-state index contributed by atoms with van der Waals surface area (Å²) in [6.45, 7) is 3.34. The maximum Gasteiger partial charge on any atom is 0.246 e. The van der Waals surface area contributed by atoms with Crippen molar-refractivity contribution in [2.24, 2.45) is 7.05 Å². The molecule has 0 unspecified atom stereocenters. The summed E-state index contributed by atoms with van der Waals surface area (Å²) in [5, 5.41) is 8.26. The molecule has 6 heteroatoms. The molecule has 0 radical (unpaired) electrons. The number of aromatic nitrogens is 2. The molecular formula is C18H21ClN4O. The Kier molecular flexibility index (Phi) is 4.90. The zero-order valence-corrected chi connectivity index (χ0v) is 14.6. The number of anilines is 1. The lowest BCUT2D eigenvalue weighted by atomic mass is 10.2. The maximum atomic E-state index is 12.4. The van der Waals surface area contributed by atoms with E-state index in [2.05, 4.69) is 10.4 Å². The van der Waals surface area contributed by atoms with E-state index in [1.807, 2.05) is 42.2 Å². The highest BCUT2D eigenvalue weighted by molar-refractivity contribution is 6.31. The van der Waals surface area contributed by atoms with Crippen molar-refractivity contribution < 1.29 is 4.79 Å². The van der Waals surface area contributed by atoms with Gasteiger partial charge in [-0.2, -0.15) is 5.10 Å². The van der Waals surface area contributed by atoms with Gasteiger partial charge in [-0.15, -0.1) is 0 Å². The molecular weight excluding hydrogens is 324 g/mol. The Morgan fingerprint density at radius 3 is 2.79 bits per heavy atom. The summed E-state index contributed by atoms with van der Waals surface area (Å²) in [5.41, 5.74) is 2.70. The summed E-state index contributed by atoms with van der Waals surface area (Å²) in [5.74, 6) is 0.00619. The van der Waals surface area contributed by atoms with Crippen LogP contribution in [-0.4, -0.2) is 39.7 Å². The minimum atomic E-state index is 0.00619. The van der Waals surface area contributed by atoms with Crippen molar-refractivity contribution in [3.63, 3.8) is 0 Å². The lowest BCUT2D eigenvalue weighted by Crippen LogP contribution is -2.30. The fourth-order valence-electron chi connectivity index (χ4n) is 2.94. The van der Waals surface area contributed by atoms with Crippen LogP contribution >= 0.6 is 11.6 Å². The summed E-state index contributed by atoms with van der Waals surface area (Å²) in [6.07, 6.45) is 4.28. The van der Waals surface area contributed by atoms with Crippen molar-refractivity contribution in [1.82, 2.24) is 14.7 Å². The summed E-state index contributed by atoms with van der Waals surface area (Å²) >= 11 is 6.18. The van der Waals surface area contributed by atoms with E-state index in [4.69, 9.17) is 11.6 Å². The highest BCUT2D eigenvalue weighted by Gasteiger charge is 2.24. The smallest absolute Gasteiger partial charge is 0.246 e. The predicted octanol–water partition coefficient (Wildman–Crippen LogP) is 3.11. The minimum Gasteiger partial charge on any atom is -0.380 e. The number of carbonyl (C=O) groups excluding carboxylic acids is 1. The minimum absolute atomic E-state index is 0.00619.